The van der Waals surface area contributed by atoms with E-state index in [1.54, 1.807) is 6.92 Å². The molecule has 1 heterocycles. The SMILES string of the molecule is COC(=O)[C@H](C)NCc1cc(C)nc2ccccc12. The lowest BCUT2D eigenvalue weighted by molar-refractivity contribution is -0.142. The first-order valence-corrected chi connectivity index (χ1v) is 6.28. The molecule has 1 N–H and O–H groups in total. The molecule has 0 aliphatic heterocycles. The quantitative estimate of drug-likeness (QED) is 0.854. The molecule has 1 atom stereocenters. The van der Waals surface area contributed by atoms with Crippen LogP contribution in [0.25, 0.3) is 10.9 Å². The molecular formula is C15H18N2O2. The highest BCUT2D eigenvalue weighted by Crippen LogP contribution is 2.18. The Labute approximate surface area is 112 Å². The third-order valence-electron chi connectivity index (χ3n) is 3.08. The van der Waals surface area contributed by atoms with Crippen LogP contribution in [0.2, 0.25) is 0 Å². The Kier molecular flexibility index (Phi) is 4.12. The van der Waals surface area contributed by atoms with Crippen molar-refractivity contribution in [1.82, 2.24) is 10.3 Å². The molecule has 0 aliphatic carbocycles. The summed E-state index contributed by atoms with van der Waals surface area (Å²) >= 11 is 0. The zero-order chi connectivity index (χ0) is 13.8. The summed E-state index contributed by atoms with van der Waals surface area (Å²) in [7, 11) is 1.40. The summed E-state index contributed by atoms with van der Waals surface area (Å²) in [5.74, 6) is -0.255. The van der Waals surface area contributed by atoms with Gasteiger partial charge in [0.2, 0.25) is 0 Å². The van der Waals surface area contributed by atoms with Crippen molar-refractivity contribution in [2.24, 2.45) is 0 Å². The fraction of sp³-hybridized carbons (Fsp3) is 0.333. The van der Waals surface area contributed by atoms with Gasteiger partial charge in [-0.3, -0.25) is 9.78 Å². The predicted molar refractivity (Wildman–Crippen MR) is 74.8 cm³/mol. The number of methoxy groups -OCH3 is 1. The Bertz CT molecular complexity index is 596. The maximum atomic E-state index is 11.4. The lowest BCUT2D eigenvalue weighted by atomic mass is 10.1. The molecule has 4 nitrogen and oxygen atoms in total. The largest absolute Gasteiger partial charge is 0.468 e. The number of carbonyl (C=O) groups is 1. The summed E-state index contributed by atoms with van der Waals surface area (Å²) in [6.07, 6.45) is 0. The molecule has 0 radical (unpaired) electrons. The van der Waals surface area contributed by atoms with Crippen molar-refractivity contribution in [1.29, 1.82) is 0 Å². The second-order valence-corrected chi connectivity index (χ2v) is 4.57. The van der Waals surface area contributed by atoms with Crippen LogP contribution in [0, 0.1) is 6.92 Å². The standard InChI is InChI=1S/C15H18N2O2/c1-10-8-12(9-16-11(2)15(18)19-3)13-6-4-5-7-14(13)17-10/h4-8,11,16H,9H2,1-3H3/t11-/m0/s1. The number of fused-ring (bicyclic) bond motifs is 1. The van der Waals surface area contributed by atoms with Gasteiger partial charge >= 0.3 is 5.97 Å². The highest BCUT2D eigenvalue weighted by molar-refractivity contribution is 5.82. The van der Waals surface area contributed by atoms with E-state index in [1.165, 1.54) is 7.11 Å². The summed E-state index contributed by atoms with van der Waals surface area (Å²) in [5.41, 5.74) is 3.09. The molecule has 0 saturated heterocycles. The van der Waals surface area contributed by atoms with Crippen LogP contribution < -0.4 is 5.32 Å². The zero-order valence-corrected chi connectivity index (χ0v) is 11.4. The van der Waals surface area contributed by atoms with Gasteiger partial charge in [-0.25, -0.2) is 0 Å². The molecule has 4 heteroatoms. The molecule has 0 fully saturated rings. The molecule has 0 amide bonds. The van der Waals surface area contributed by atoms with Crippen LogP contribution >= 0.6 is 0 Å². The minimum absolute atomic E-state index is 0.255. The number of carbonyl (C=O) groups excluding carboxylic acids is 1. The Morgan fingerprint density at radius 1 is 1.42 bits per heavy atom. The highest BCUT2D eigenvalue weighted by atomic mass is 16.5. The van der Waals surface area contributed by atoms with Crippen molar-refractivity contribution in [2.75, 3.05) is 7.11 Å². The number of rotatable bonds is 4. The Balaban J connectivity index is 2.23. The third kappa shape index (κ3) is 3.09. The van der Waals surface area contributed by atoms with Crippen LogP contribution in [0.1, 0.15) is 18.2 Å². The van der Waals surface area contributed by atoms with Crippen molar-refractivity contribution in [3.05, 3.63) is 41.6 Å². The van der Waals surface area contributed by atoms with Crippen molar-refractivity contribution < 1.29 is 9.53 Å². The van der Waals surface area contributed by atoms with Crippen molar-refractivity contribution in [3.63, 3.8) is 0 Å². The lowest BCUT2D eigenvalue weighted by Crippen LogP contribution is -2.34. The predicted octanol–water partition coefficient (Wildman–Crippen LogP) is 2.19. The molecule has 1 aromatic heterocycles. The second kappa shape index (κ2) is 5.80. The molecule has 2 aromatic rings. The van der Waals surface area contributed by atoms with Gasteiger partial charge in [0, 0.05) is 17.6 Å². The van der Waals surface area contributed by atoms with Gasteiger partial charge in [-0.15, -0.1) is 0 Å². The number of ether oxygens (including phenoxy) is 1. The minimum Gasteiger partial charge on any atom is -0.468 e. The molecule has 0 bridgehead atoms. The third-order valence-corrected chi connectivity index (χ3v) is 3.08. The second-order valence-electron chi connectivity index (χ2n) is 4.57. The van der Waals surface area contributed by atoms with Gasteiger partial charge in [-0.05, 0) is 31.5 Å². The summed E-state index contributed by atoms with van der Waals surface area (Å²) in [6.45, 7) is 4.38. The van der Waals surface area contributed by atoms with Gasteiger partial charge in [-0.1, -0.05) is 18.2 Å². The number of pyridine rings is 1. The van der Waals surface area contributed by atoms with E-state index in [1.807, 2.05) is 37.3 Å². The van der Waals surface area contributed by atoms with E-state index in [0.717, 1.165) is 22.2 Å². The average molecular weight is 258 g/mol. The van der Waals surface area contributed by atoms with Crippen LogP contribution in [0.5, 0.6) is 0 Å². The Morgan fingerprint density at radius 3 is 2.89 bits per heavy atom. The van der Waals surface area contributed by atoms with E-state index >= 15 is 0 Å². The van der Waals surface area contributed by atoms with E-state index < -0.39 is 0 Å². The normalized spacial score (nSPS) is 12.4. The van der Waals surface area contributed by atoms with E-state index in [0.29, 0.717) is 6.54 Å². The maximum Gasteiger partial charge on any atom is 0.322 e. The van der Waals surface area contributed by atoms with Gasteiger partial charge in [0.15, 0.2) is 0 Å². The summed E-state index contributed by atoms with van der Waals surface area (Å²) in [4.78, 5) is 15.9. The number of nitrogens with zero attached hydrogens (tertiary/aromatic N) is 1. The number of hydrogen-bond acceptors (Lipinski definition) is 4. The smallest absolute Gasteiger partial charge is 0.322 e. The average Bonchev–Trinajstić information content (AvgIpc) is 2.43. The summed E-state index contributed by atoms with van der Waals surface area (Å²) in [6, 6.07) is 9.73. The fourth-order valence-corrected chi connectivity index (χ4v) is 2.06. The van der Waals surface area contributed by atoms with Crippen molar-refractivity contribution in [3.8, 4) is 0 Å². The lowest BCUT2D eigenvalue weighted by Gasteiger charge is -2.13. The topological polar surface area (TPSA) is 51.2 Å². The van der Waals surface area contributed by atoms with Crippen LogP contribution in [0.4, 0.5) is 0 Å². The number of benzene rings is 1. The molecule has 0 saturated carbocycles. The van der Waals surface area contributed by atoms with Gasteiger partial charge in [0.25, 0.3) is 0 Å². The molecule has 0 unspecified atom stereocenters. The monoisotopic (exact) mass is 258 g/mol. The fourth-order valence-electron chi connectivity index (χ4n) is 2.06. The number of para-hydroxylation sites is 1. The van der Waals surface area contributed by atoms with Gasteiger partial charge in [0.05, 0.1) is 12.6 Å². The van der Waals surface area contributed by atoms with E-state index in [-0.39, 0.29) is 12.0 Å². The molecule has 2 rings (SSSR count). The number of hydrogen-bond donors (Lipinski definition) is 1. The van der Waals surface area contributed by atoms with Gasteiger partial charge in [0.1, 0.15) is 6.04 Å². The summed E-state index contributed by atoms with van der Waals surface area (Å²) in [5, 5.41) is 4.28. The van der Waals surface area contributed by atoms with Crippen molar-refractivity contribution in [2.45, 2.75) is 26.4 Å². The van der Waals surface area contributed by atoms with E-state index in [2.05, 4.69) is 10.3 Å². The molecule has 100 valence electrons. The first-order valence-electron chi connectivity index (χ1n) is 6.28. The number of aryl methyl sites for hydroxylation is 1. The van der Waals surface area contributed by atoms with Gasteiger partial charge in [-0.2, -0.15) is 0 Å². The van der Waals surface area contributed by atoms with Gasteiger partial charge < -0.3 is 10.1 Å². The highest BCUT2D eigenvalue weighted by Gasteiger charge is 2.12. The van der Waals surface area contributed by atoms with Crippen molar-refractivity contribution >= 4 is 16.9 Å². The molecule has 19 heavy (non-hydrogen) atoms. The van der Waals surface area contributed by atoms with Crippen LogP contribution in [-0.2, 0) is 16.1 Å². The maximum absolute atomic E-state index is 11.4. The van der Waals surface area contributed by atoms with Crippen LogP contribution in [0.3, 0.4) is 0 Å². The Morgan fingerprint density at radius 2 is 2.16 bits per heavy atom. The zero-order valence-electron chi connectivity index (χ0n) is 11.4. The summed E-state index contributed by atoms with van der Waals surface area (Å²) < 4.78 is 4.70. The van der Waals surface area contributed by atoms with E-state index in [9.17, 15) is 4.79 Å². The minimum atomic E-state index is -0.322. The molecule has 1 aromatic carbocycles. The first kappa shape index (κ1) is 13.5. The first-order chi connectivity index (χ1) is 9.11. The Hall–Kier alpha value is -1.94. The molecule has 0 aliphatic rings. The number of nitrogens with one attached hydrogen (secondary N) is 1. The number of esters is 1. The molecule has 0 spiro atoms. The molecular weight excluding hydrogens is 240 g/mol. The van der Waals surface area contributed by atoms with Crippen LogP contribution in [-0.4, -0.2) is 24.1 Å². The number of aromatic nitrogens is 1. The van der Waals surface area contributed by atoms with Crippen LogP contribution in [0.15, 0.2) is 30.3 Å². The van der Waals surface area contributed by atoms with E-state index in [4.69, 9.17) is 4.74 Å².